The van der Waals surface area contributed by atoms with E-state index in [9.17, 15) is 4.79 Å². The van der Waals surface area contributed by atoms with E-state index in [1.807, 2.05) is 12.1 Å². The maximum Gasteiger partial charge on any atom is 0.323 e. The molecule has 1 atom stereocenters. The first-order valence-corrected chi connectivity index (χ1v) is 5.29. The van der Waals surface area contributed by atoms with Gasteiger partial charge in [-0.2, -0.15) is 0 Å². The van der Waals surface area contributed by atoms with Gasteiger partial charge in [-0.3, -0.25) is 4.79 Å². The minimum Gasteiger partial charge on any atom is -0.460 e. The lowest BCUT2D eigenvalue weighted by molar-refractivity contribution is -0.146. The van der Waals surface area contributed by atoms with Crippen molar-refractivity contribution >= 4 is 17.6 Å². The highest BCUT2D eigenvalue weighted by molar-refractivity contribution is 6.31. The summed E-state index contributed by atoms with van der Waals surface area (Å²) in [4.78, 5) is 11.4. The number of hydrogen-bond acceptors (Lipinski definition) is 3. The topological polar surface area (TPSA) is 52.3 Å². The fraction of sp³-hybridized carbons (Fsp3) is 0.250. The van der Waals surface area contributed by atoms with E-state index in [2.05, 4.69) is 6.58 Å². The molecule has 0 saturated carbocycles. The Bertz CT molecular complexity index is 379. The van der Waals surface area contributed by atoms with Gasteiger partial charge in [0.25, 0.3) is 0 Å². The molecule has 0 radical (unpaired) electrons. The molecule has 0 amide bonds. The van der Waals surface area contributed by atoms with Crippen LogP contribution in [0.1, 0.15) is 12.0 Å². The van der Waals surface area contributed by atoms with Crippen LogP contribution in [0.3, 0.4) is 0 Å². The average molecular weight is 240 g/mol. The van der Waals surface area contributed by atoms with Gasteiger partial charge in [-0.05, 0) is 12.5 Å². The number of hydrogen-bond donors (Lipinski definition) is 1. The normalized spacial score (nSPS) is 11.9. The molecule has 1 aromatic carbocycles. The average Bonchev–Trinajstić information content (AvgIpc) is 2.28. The van der Waals surface area contributed by atoms with Gasteiger partial charge in [-0.15, -0.1) is 6.58 Å². The molecule has 0 heterocycles. The molecule has 0 fully saturated rings. The van der Waals surface area contributed by atoms with Crippen LogP contribution in [0.4, 0.5) is 0 Å². The lowest BCUT2D eigenvalue weighted by atomic mass is 10.2. The van der Waals surface area contributed by atoms with E-state index < -0.39 is 12.0 Å². The fourth-order valence-electron chi connectivity index (χ4n) is 1.15. The molecule has 86 valence electrons. The van der Waals surface area contributed by atoms with Crippen LogP contribution < -0.4 is 5.73 Å². The third-order valence-corrected chi connectivity index (χ3v) is 2.42. The van der Waals surface area contributed by atoms with Gasteiger partial charge in [-0.25, -0.2) is 0 Å². The molecule has 0 spiro atoms. The molecule has 1 unspecified atom stereocenters. The van der Waals surface area contributed by atoms with Gasteiger partial charge in [0.2, 0.25) is 0 Å². The van der Waals surface area contributed by atoms with E-state index in [1.54, 1.807) is 18.2 Å². The molecule has 0 aliphatic heterocycles. The second-order valence-corrected chi connectivity index (χ2v) is 3.74. The molecular weight excluding hydrogens is 226 g/mol. The maximum absolute atomic E-state index is 11.4. The number of ether oxygens (including phenoxy) is 1. The van der Waals surface area contributed by atoms with E-state index in [-0.39, 0.29) is 6.61 Å². The van der Waals surface area contributed by atoms with Crippen LogP contribution in [0.2, 0.25) is 5.02 Å². The van der Waals surface area contributed by atoms with Crippen molar-refractivity contribution in [2.45, 2.75) is 19.1 Å². The Balaban J connectivity index is 2.49. The fourth-order valence-corrected chi connectivity index (χ4v) is 1.34. The van der Waals surface area contributed by atoms with Gasteiger partial charge in [0.1, 0.15) is 12.6 Å². The van der Waals surface area contributed by atoms with Crippen LogP contribution in [-0.2, 0) is 16.1 Å². The molecule has 0 saturated heterocycles. The first kappa shape index (κ1) is 12.7. The van der Waals surface area contributed by atoms with Gasteiger partial charge in [0, 0.05) is 10.6 Å². The minimum atomic E-state index is -0.653. The standard InChI is InChI=1S/C12H14ClNO2/c1-2-5-11(14)12(15)16-8-9-6-3-4-7-10(9)13/h2-4,6-7,11H,1,5,8,14H2. The molecule has 3 nitrogen and oxygen atoms in total. The number of carbonyl (C=O) groups excluding carboxylic acids is 1. The summed E-state index contributed by atoms with van der Waals surface area (Å²) in [6, 6.07) is 6.54. The third kappa shape index (κ3) is 3.68. The van der Waals surface area contributed by atoms with Crippen molar-refractivity contribution in [2.75, 3.05) is 0 Å². The number of rotatable bonds is 5. The summed E-state index contributed by atoms with van der Waals surface area (Å²) in [5.41, 5.74) is 6.32. The number of esters is 1. The van der Waals surface area contributed by atoms with Crippen molar-refractivity contribution in [3.8, 4) is 0 Å². The predicted molar refractivity (Wildman–Crippen MR) is 64.0 cm³/mol. The van der Waals surface area contributed by atoms with Gasteiger partial charge in [0.15, 0.2) is 0 Å². The van der Waals surface area contributed by atoms with Crippen molar-refractivity contribution in [3.63, 3.8) is 0 Å². The quantitative estimate of drug-likeness (QED) is 0.634. The van der Waals surface area contributed by atoms with E-state index >= 15 is 0 Å². The van der Waals surface area contributed by atoms with Crippen LogP contribution in [-0.4, -0.2) is 12.0 Å². The largest absolute Gasteiger partial charge is 0.460 e. The molecule has 1 aromatic rings. The molecule has 0 aliphatic rings. The second-order valence-electron chi connectivity index (χ2n) is 3.33. The van der Waals surface area contributed by atoms with Crippen molar-refractivity contribution < 1.29 is 9.53 Å². The first-order chi connectivity index (χ1) is 7.65. The van der Waals surface area contributed by atoms with Gasteiger partial charge in [-0.1, -0.05) is 35.9 Å². The molecule has 0 bridgehead atoms. The summed E-state index contributed by atoms with van der Waals surface area (Å²) in [7, 11) is 0. The Hall–Kier alpha value is -1.32. The summed E-state index contributed by atoms with van der Waals surface area (Å²) in [6.07, 6.45) is 1.99. The maximum atomic E-state index is 11.4. The smallest absolute Gasteiger partial charge is 0.323 e. The summed E-state index contributed by atoms with van der Waals surface area (Å²) in [6.45, 7) is 3.65. The van der Waals surface area contributed by atoms with Crippen molar-refractivity contribution in [1.29, 1.82) is 0 Å². The van der Waals surface area contributed by atoms with E-state index in [0.717, 1.165) is 5.56 Å². The third-order valence-electron chi connectivity index (χ3n) is 2.05. The summed E-state index contributed by atoms with van der Waals surface area (Å²) < 4.78 is 5.03. The Morgan fingerprint density at radius 2 is 2.25 bits per heavy atom. The highest BCUT2D eigenvalue weighted by Gasteiger charge is 2.13. The molecule has 16 heavy (non-hydrogen) atoms. The summed E-state index contributed by atoms with van der Waals surface area (Å²) in [5, 5.41) is 0.576. The van der Waals surface area contributed by atoms with Crippen LogP contribution >= 0.6 is 11.6 Å². The lowest BCUT2D eigenvalue weighted by Gasteiger charge is -2.10. The minimum absolute atomic E-state index is 0.142. The molecule has 1 rings (SSSR count). The molecule has 0 aliphatic carbocycles. The highest BCUT2D eigenvalue weighted by atomic mass is 35.5. The summed E-state index contributed by atoms with van der Waals surface area (Å²) >= 11 is 5.91. The van der Waals surface area contributed by atoms with Gasteiger partial charge in [0.05, 0.1) is 0 Å². The van der Waals surface area contributed by atoms with Crippen LogP contribution in [0.5, 0.6) is 0 Å². The molecule has 4 heteroatoms. The van der Waals surface area contributed by atoms with Crippen molar-refractivity contribution in [1.82, 2.24) is 0 Å². The predicted octanol–water partition coefficient (Wildman–Crippen LogP) is 2.29. The zero-order valence-electron chi connectivity index (χ0n) is 8.86. The van der Waals surface area contributed by atoms with Gasteiger partial charge >= 0.3 is 5.97 Å². The highest BCUT2D eigenvalue weighted by Crippen LogP contribution is 2.15. The number of benzene rings is 1. The first-order valence-electron chi connectivity index (χ1n) is 4.91. The Labute approximate surface area is 99.8 Å². The molecule has 0 aromatic heterocycles. The monoisotopic (exact) mass is 239 g/mol. The van der Waals surface area contributed by atoms with Crippen LogP contribution in [0, 0.1) is 0 Å². The van der Waals surface area contributed by atoms with E-state index in [0.29, 0.717) is 11.4 Å². The van der Waals surface area contributed by atoms with E-state index in [4.69, 9.17) is 22.1 Å². The second kappa shape index (κ2) is 6.30. The van der Waals surface area contributed by atoms with E-state index in [1.165, 1.54) is 0 Å². The zero-order valence-corrected chi connectivity index (χ0v) is 9.61. The van der Waals surface area contributed by atoms with Gasteiger partial charge < -0.3 is 10.5 Å². The number of halogens is 1. The Morgan fingerprint density at radius 3 is 2.88 bits per heavy atom. The zero-order chi connectivity index (χ0) is 12.0. The molecular formula is C12H14ClNO2. The SMILES string of the molecule is C=CCC(N)C(=O)OCc1ccccc1Cl. The van der Waals surface area contributed by atoms with Crippen molar-refractivity contribution in [2.24, 2.45) is 5.73 Å². The Kier molecular flexibility index (Phi) is 5.02. The summed E-state index contributed by atoms with van der Waals surface area (Å²) in [5.74, 6) is -0.445. The van der Waals surface area contributed by atoms with Crippen LogP contribution in [0.25, 0.3) is 0 Å². The van der Waals surface area contributed by atoms with Crippen LogP contribution in [0.15, 0.2) is 36.9 Å². The molecule has 2 N–H and O–H groups in total. The lowest BCUT2D eigenvalue weighted by Crippen LogP contribution is -2.31. The Morgan fingerprint density at radius 1 is 1.56 bits per heavy atom. The van der Waals surface area contributed by atoms with Crippen molar-refractivity contribution in [3.05, 3.63) is 47.5 Å². The number of carbonyl (C=O) groups is 1. The number of nitrogens with two attached hydrogens (primary N) is 1.